The van der Waals surface area contributed by atoms with Crippen molar-refractivity contribution in [2.45, 2.75) is 20.0 Å². The first-order valence-corrected chi connectivity index (χ1v) is 4.41. The summed E-state index contributed by atoms with van der Waals surface area (Å²) in [5.41, 5.74) is 1.10. The highest BCUT2D eigenvalue weighted by Crippen LogP contribution is 2.12. The number of hydrogen-bond acceptors (Lipinski definition) is 2. The predicted molar refractivity (Wildman–Crippen MR) is 55.7 cm³/mol. The Balaban J connectivity index is 2.69. The lowest BCUT2D eigenvalue weighted by Gasteiger charge is -2.08. The van der Waals surface area contributed by atoms with Crippen LogP contribution in [0.2, 0.25) is 0 Å². The SMILES string of the molecule is CN=Cc1ccc(OC(C)C)cc1. The zero-order valence-electron chi connectivity index (χ0n) is 8.32. The quantitative estimate of drug-likeness (QED) is 0.650. The van der Waals surface area contributed by atoms with E-state index in [1.54, 1.807) is 7.05 Å². The van der Waals surface area contributed by atoms with Gasteiger partial charge in [0.15, 0.2) is 0 Å². The third kappa shape index (κ3) is 3.28. The van der Waals surface area contributed by atoms with Crippen LogP contribution in [-0.2, 0) is 0 Å². The average Bonchev–Trinajstić information content (AvgIpc) is 2.08. The van der Waals surface area contributed by atoms with Gasteiger partial charge in [-0.1, -0.05) is 0 Å². The van der Waals surface area contributed by atoms with Crippen molar-refractivity contribution in [1.82, 2.24) is 0 Å². The summed E-state index contributed by atoms with van der Waals surface area (Å²) in [6, 6.07) is 7.89. The summed E-state index contributed by atoms with van der Waals surface area (Å²) in [6.45, 7) is 4.03. The van der Waals surface area contributed by atoms with E-state index in [2.05, 4.69) is 4.99 Å². The number of ether oxygens (including phenoxy) is 1. The van der Waals surface area contributed by atoms with E-state index in [1.165, 1.54) is 0 Å². The first-order valence-electron chi connectivity index (χ1n) is 4.41. The Morgan fingerprint density at radius 1 is 1.23 bits per heavy atom. The van der Waals surface area contributed by atoms with Gasteiger partial charge in [0.2, 0.25) is 0 Å². The van der Waals surface area contributed by atoms with Crippen molar-refractivity contribution < 1.29 is 4.74 Å². The van der Waals surface area contributed by atoms with Gasteiger partial charge < -0.3 is 4.74 Å². The van der Waals surface area contributed by atoms with Gasteiger partial charge in [-0.05, 0) is 43.7 Å². The normalized spacial score (nSPS) is 11.1. The molecule has 0 N–H and O–H groups in total. The lowest BCUT2D eigenvalue weighted by atomic mass is 10.2. The lowest BCUT2D eigenvalue weighted by Crippen LogP contribution is -2.05. The standard InChI is InChI=1S/C11H15NO/c1-9(2)13-11-6-4-10(5-7-11)8-12-3/h4-9H,1-3H3. The van der Waals surface area contributed by atoms with Crippen molar-refractivity contribution in [2.24, 2.45) is 4.99 Å². The molecule has 0 radical (unpaired) electrons. The fourth-order valence-corrected chi connectivity index (χ4v) is 1.05. The molecule has 0 amide bonds. The fraction of sp³-hybridized carbons (Fsp3) is 0.364. The maximum Gasteiger partial charge on any atom is 0.119 e. The largest absolute Gasteiger partial charge is 0.491 e. The van der Waals surface area contributed by atoms with Crippen molar-refractivity contribution in [3.8, 4) is 5.75 Å². The smallest absolute Gasteiger partial charge is 0.119 e. The van der Waals surface area contributed by atoms with Crippen molar-refractivity contribution in [3.05, 3.63) is 29.8 Å². The van der Waals surface area contributed by atoms with Gasteiger partial charge in [-0.15, -0.1) is 0 Å². The molecule has 70 valence electrons. The molecule has 0 saturated carbocycles. The molecule has 0 unspecified atom stereocenters. The summed E-state index contributed by atoms with van der Waals surface area (Å²) in [4.78, 5) is 3.93. The lowest BCUT2D eigenvalue weighted by molar-refractivity contribution is 0.242. The predicted octanol–water partition coefficient (Wildman–Crippen LogP) is 2.52. The van der Waals surface area contributed by atoms with Crippen LogP contribution < -0.4 is 4.74 Å². The van der Waals surface area contributed by atoms with E-state index in [0.717, 1.165) is 11.3 Å². The number of nitrogens with zero attached hydrogens (tertiary/aromatic N) is 1. The minimum atomic E-state index is 0.227. The fourth-order valence-electron chi connectivity index (χ4n) is 1.05. The van der Waals surface area contributed by atoms with Gasteiger partial charge >= 0.3 is 0 Å². The summed E-state index contributed by atoms with van der Waals surface area (Å²) in [5.74, 6) is 0.906. The molecule has 0 aliphatic rings. The minimum absolute atomic E-state index is 0.227. The van der Waals surface area contributed by atoms with E-state index in [0.29, 0.717) is 0 Å². The Hall–Kier alpha value is -1.31. The molecule has 0 aromatic heterocycles. The molecule has 13 heavy (non-hydrogen) atoms. The zero-order valence-corrected chi connectivity index (χ0v) is 8.32. The summed E-state index contributed by atoms with van der Waals surface area (Å²) >= 11 is 0. The number of aliphatic imine (C=N–C) groups is 1. The second-order valence-corrected chi connectivity index (χ2v) is 3.12. The molecule has 0 heterocycles. The maximum atomic E-state index is 5.50. The zero-order chi connectivity index (χ0) is 9.68. The third-order valence-electron chi connectivity index (χ3n) is 1.53. The van der Waals surface area contributed by atoms with Crippen LogP contribution in [-0.4, -0.2) is 19.4 Å². The number of rotatable bonds is 3. The molecule has 0 atom stereocenters. The molecular weight excluding hydrogens is 162 g/mol. The van der Waals surface area contributed by atoms with Crippen LogP contribution >= 0.6 is 0 Å². The summed E-state index contributed by atoms with van der Waals surface area (Å²) in [7, 11) is 1.76. The average molecular weight is 177 g/mol. The summed E-state index contributed by atoms with van der Waals surface area (Å²) < 4.78 is 5.50. The van der Waals surface area contributed by atoms with Gasteiger partial charge in [0.05, 0.1) is 6.10 Å². The molecule has 1 aromatic rings. The van der Waals surface area contributed by atoms with Gasteiger partial charge in [-0.3, -0.25) is 4.99 Å². The van der Waals surface area contributed by atoms with Crippen LogP contribution in [0.3, 0.4) is 0 Å². The van der Waals surface area contributed by atoms with E-state index in [9.17, 15) is 0 Å². The Labute approximate surface area is 79.3 Å². The number of benzene rings is 1. The minimum Gasteiger partial charge on any atom is -0.491 e. The van der Waals surface area contributed by atoms with Crippen LogP contribution in [0.15, 0.2) is 29.3 Å². The Kier molecular flexibility index (Phi) is 3.50. The highest BCUT2D eigenvalue weighted by Gasteiger charge is 1.95. The van der Waals surface area contributed by atoms with E-state index in [1.807, 2.05) is 44.3 Å². The van der Waals surface area contributed by atoms with Crippen molar-refractivity contribution in [1.29, 1.82) is 0 Å². The van der Waals surface area contributed by atoms with Gasteiger partial charge in [-0.25, -0.2) is 0 Å². The summed E-state index contributed by atoms with van der Waals surface area (Å²) in [5, 5.41) is 0. The van der Waals surface area contributed by atoms with E-state index in [4.69, 9.17) is 4.74 Å². The molecule has 0 aliphatic heterocycles. The van der Waals surface area contributed by atoms with Crippen molar-refractivity contribution >= 4 is 6.21 Å². The van der Waals surface area contributed by atoms with E-state index >= 15 is 0 Å². The first-order chi connectivity index (χ1) is 6.22. The molecule has 1 rings (SSSR count). The molecule has 0 aliphatic carbocycles. The molecule has 0 fully saturated rings. The van der Waals surface area contributed by atoms with Crippen LogP contribution in [0.1, 0.15) is 19.4 Å². The van der Waals surface area contributed by atoms with E-state index in [-0.39, 0.29) is 6.10 Å². The van der Waals surface area contributed by atoms with Crippen molar-refractivity contribution in [3.63, 3.8) is 0 Å². The molecule has 0 saturated heterocycles. The molecule has 2 heteroatoms. The van der Waals surface area contributed by atoms with Gasteiger partial charge in [0, 0.05) is 13.3 Å². The van der Waals surface area contributed by atoms with Gasteiger partial charge in [-0.2, -0.15) is 0 Å². The first kappa shape index (κ1) is 9.78. The second-order valence-electron chi connectivity index (χ2n) is 3.12. The highest BCUT2D eigenvalue weighted by molar-refractivity contribution is 5.79. The Morgan fingerprint density at radius 2 is 1.85 bits per heavy atom. The monoisotopic (exact) mass is 177 g/mol. The maximum absolute atomic E-state index is 5.50. The molecule has 2 nitrogen and oxygen atoms in total. The van der Waals surface area contributed by atoms with Crippen LogP contribution in [0, 0.1) is 0 Å². The summed E-state index contributed by atoms with van der Waals surface area (Å²) in [6.07, 6.45) is 2.05. The molecular formula is C11H15NO. The van der Waals surface area contributed by atoms with Crippen molar-refractivity contribution in [2.75, 3.05) is 7.05 Å². The second kappa shape index (κ2) is 4.65. The third-order valence-corrected chi connectivity index (χ3v) is 1.53. The van der Waals surface area contributed by atoms with Crippen LogP contribution in [0.25, 0.3) is 0 Å². The molecule has 1 aromatic carbocycles. The molecule has 0 spiro atoms. The van der Waals surface area contributed by atoms with Crippen LogP contribution in [0.4, 0.5) is 0 Å². The van der Waals surface area contributed by atoms with Gasteiger partial charge in [0.25, 0.3) is 0 Å². The molecule has 0 bridgehead atoms. The van der Waals surface area contributed by atoms with Gasteiger partial charge in [0.1, 0.15) is 5.75 Å². The van der Waals surface area contributed by atoms with E-state index < -0.39 is 0 Å². The highest BCUT2D eigenvalue weighted by atomic mass is 16.5. The topological polar surface area (TPSA) is 21.6 Å². The van der Waals surface area contributed by atoms with Crippen LogP contribution in [0.5, 0.6) is 5.75 Å². The Morgan fingerprint density at radius 3 is 2.31 bits per heavy atom. The number of hydrogen-bond donors (Lipinski definition) is 0. The Bertz CT molecular complexity index is 275.